The molecule has 11 heteroatoms. The van der Waals surface area contributed by atoms with E-state index in [2.05, 4.69) is 20.3 Å². The van der Waals surface area contributed by atoms with Gasteiger partial charge in [-0.15, -0.1) is 4.59 Å². The minimum atomic E-state index is -3.22. The Morgan fingerprint density at radius 2 is 1.95 bits per heavy atom. The van der Waals surface area contributed by atoms with Crippen LogP contribution in [-0.4, -0.2) is 60.2 Å². The lowest BCUT2D eigenvalue weighted by atomic mass is 9.93. The zero-order chi connectivity index (χ0) is 26.2. The number of nitrogens with zero attached hydrogens (tertiary/aromatic N) is 5. The Kier molecular flexibility index (Phi) is 6.63. The predicted molar refractivity (Wildman–Crippen MR) is 144 cm³/mol. The van der Waals surface area contributed by atoms with Gasteiger partial charge in [0, 0.05) is 48.6 Å². The van der Waals surface area contributed by atoms with Gasteiger partial charge in [-0.25, -0.2) is 17.7 Å². The van der Waals surface area contributed by atoms with Crippen LogP contribution in [0.5, 0.6) is 0 Å². The number of benzene rings is 2. The van der Waals surface area contributed by atoms with E-state index in [0.717, 1.165) is 12.8 Å². The molecule has 0 saturated carbocycles. The Balaban J connectivity index is 1.35. The average Bonchev–Trinajstić information content (AvgIpc) is 3.25. The first-order valence-corrected chi connectivity index (χ1v) is 14.0. The zero-order valence-corrected chi connectivity index (χ0v) is 21.6. The average molecular weight is 521 g/mol. The van der Waals surface area contributed by atoms with Gasteiger partial charge < -0.3 is 5.32 Å². The van der Waals surface area contributed by atoms with E-state index in [4.69, 9.17) is 5.84 Å². The summed E-state index contributed by atoms with van der Waals surface area (Å²) >= 11 is 0. The largest absolute Gasteiger partial charge is 0.351 e. The number of ketones is 1. The van der Waals surface area contributed by atoms with E-state index in [1.165, 1.54) is 10.6 Å². The molecular formula is C26H30N7O3S+. The number of fused-ring (bicyclic) bond motifs is 1. The lowest BCUT2D eigenvalue weighted by Gasteiger charge is -2.34. The van der Waals surface area contributed by atoms with Crippen molar-refractivity contribution in [3.8, 4) is 0 Å². The third-order valence-electron chi connectivity index (χ3n) is 7.02. The lowest BCUT2D eigenvalue weighted by molar-refractivity contribution is 0.103. The number of aromatic nitrogens is 2. The molecule has 37 heavy (non-hydrogen) atoms. The highest BCUT2D eigenvalue weighted by molar-refractivity contribution is 7.88. The van der Waals surface area contributed by atoms with Crippen molar-refractivity contribution >= 4 is 45.3 Å². The second kappa shape index (κ2) is 9.75. The molecule has 3 atom stereocenters. The molecule has 2 aliphatic heterocycles. The van der Waals surface area contributed by atoms with Gasteiger partial charge >= 0.3 is 0 Å². The van der Waals surface area contributed by atoms with E-state index < -0.39 is 10.0 Å². The van der Waals surface area contributed by atoms with Crippen LogP contribution in [0.4, 0.5) is 23.1 Å². The first kappa shape index (κ1) is 25.2. The molecule has 3 unspecified atom stereocenters. The van der Waals surface area contributed by atoms with E-state index in [1.807, 2.05) is 25.1 Å². The molecular weight excluding hydrogens is 490 g/mol. The maximum absolute atomic E-state index is 12.9. The van der Waals surface area contributed by atoms with Crippen molar-refractivity contribution in [1.82, 2.24) is 18.9 Å². The van der Waals surface area contributed by atoms with Gasteiger partial charge in [0.25, 0.3) is 5.82 Å². The van der Waals surface area contributed by atoms with Crippen LogP contribution in [0.25, 0.3) is 0 Å². The molecule has 5 rings (SSSR count). The highest BCUT2D eigenvalue weighted by atomic mass is 32.2. The van der Waals surface area contributed by atoms with Gasteiger partial charge in [-0.1, -0.05) is 30.3 Å². The number of aliphatic imine (C=N–C) groups is 1. The van der Waals surface area contributed by atoms with Gasteiger partial charge in [-0.05, 0) is 37.8 Å². The van der Waals surface area contributed by atoms with Crippen molar-refractivity contribution in [1.29, 1.82) is 0 Å². The van der Waals surface area contributed by atoms with Crippen molar-refractivity contribution in [2.75, 3.05) is 24.7 Å². The summed E-state index contributed by atoms with van der Waals surface area (Å²) in [6.07, 6.45) is 6.20. The third-order valence-corrected chi connectivity index (χ3v) is 8.29. The molecule has 2 aliphatic rings. The van der Waals surface area contributed by atoms with E-state index >= 15 is 0 Å². The smallest absolute Gasteiger partial charge is 0.263 e. The molecule has 3 aromatic rings. The number of anilines is 1. The van der Waals surface area contributed by atoms with Gasteiger partial charge in [0.2, 0.25) is 22.3 Å². The van der Waals surface area contributed by atoms with Crippen molar-refractivity contribution in [3.63, 3.8) is 0 Å². The summed E-state index contributed by atoms with van der Waals surface area (Å²) in [5.41, 5.74) is 2.44. The minimum Gasteiger partial charge on any atom is -0.351 e. The molecule has 0 radical (unpaired) electrons. The molecule has 10 nitrogen and oxygen atoms in total. The fourth-order valence-corrected chi connectivity index (χ4v) is 5.79. The number of piperidine rings is 1. The third kappa shape index (κ3) is 5.03. The summed E-state index contributed by atoms with van der Waals surface area (Å²) in [6, 6.07) is 16.1. The molecule has 2 aromatic carbocycles. The highest BCUT2D eigenvalue weighted by Gasteiger charge is 2.38. The fourth-order valence-electron chi connectivity index (χ4n) is 4.86. The summed E-state index contributed by atoms with van der Waals surface area (Å²) < 4.78 is 25.3. The topological polar surface area (TPSA) is 131 Å². The first-order valence-electron chi connectivity index (χ1n) is 12.2. The number of carbonyl (C=O) groups is 1. The summed E-state index contributed by atoms with van der Waals surface area (Å²) in [7, 11) is -3.22. The summed E-state index contributed by atoms with van der Waals surface area (Å²) in [5.74, 6) is 7.71. The van der Waals surface area contributed by atoms with E-state index in [0.29, 0.717) is 47.4 Å². The summed E-state index contributed by atoms with van der Waals surface area (Å²) in [6.45, 7) is 3.03. The quantitative estimate of drug-likeness (QED) is 0.277. The second-order valence-electron chi connectivity index (χ2n) is 9.62. The van der Waals surface area contributed by atoms with Gasteiger partial charge in [-0.2, -0.15) is 15.8 Å². The maximum Gasteiger partial charge on any atom is 0.263 e. The van der Waals surface area contributed by atoms with Crippen LogP contribution in [0.15, 0.2) is 65.8 Å². The Bertz CT molecular complexity index is 1460. The first-order chi connectivity index (χ1) is 17.6. The number of carbonyl (C=O) groups excluding carboxylic acids is 1. The molecule has 0 spiro atoms. The Labute approximate surface area is 216 Å². The molecule has 1 fully saturated rings. The number of nitrogens with two attached hydrogens (primary N) is 1. The minimum absolute atomic E-state index is 0.0443. The second-order valence-corrected chi connectivity index (χ2v) is 11.6. The maximum atomic E-state index is 12.9. The number of hydrogen-bond acceptors (Lipinski definition) is 8. The predicted octanol–water partition coefficient (Wildman–Crippen LogP) is 3.37. The molecule has 0 amide bonds. The van der Waals surface area contributed by atoms with Crippen LogP contribution >= 0.6 is 0 Å². The molecule has 3 N–H and O–H groups in total. The van der Waals surface area contributed by atoms with Crippen LogP contribution < -0.4 is 15.8 Å². The molecule has 1 saturated heterocycles. The Morgan fingerprint density at radius 1 is 1.16 bits per heavy atom. The number of nitrogens with one attached hydrogen (secondary N) is 1. The van der Waals surface area contributed by atoms with E-state index in [9.17, 15) is 13.2 Å². The summed E-state index contributed by atoms with van der Waals surface area (Å²) in [4.78, 5) is 26.4. The standard InChI is InChI=1S/C26H30N7O3S/c1-18(21-9-6-14-32(16-21)37(2,35)36)30-26-28-13-12-24(31-26)33(27)17-29-22-15-20(10-11-23(22)33)25(34)19-7-4-3-5-8-19/h3-5,7-8,10-13,15,17-18,21H,6,9,14,16,27H2,1-2H3,(H,28,30,31)/q+1. The van der Waals surface area contributed by atoms with Crippen LogP contribution in [-0.2, 0) is 10.0 Å². The Morgan fingerprint density at radius 3 is 2.70 bits per heavy atom. The molecule has 0 bridgehead atoms. The monoisotopic (exact) mass is 520 g/mol. The van der Waals surface area contributed by atoms with E-state index in [-0.39, 0.29) is 22.3 Å². The van der Waals surface area contributed by atoms with Gasteiger partial charge in [-0.3, -0.25) is 4.79 Å². The van der Waals surface area contributed by atoms with Crippen molar-refractivity contribution in [2.45, 2.75) is 25.8 Å². The molecule has 0 aliphatic carbocycles. The van der Waals surface area contributed by atoms with Crippen molar-refractivity contribution < 1.29 is 13.2 Å². The molecule has 1 aromatic heterocycles. The van der Waals surface area contributed by atoms with Gasteiger partial charge in [0.05, 0.1) is 6.26 Å². The van der Waals surface area contributed by atoms with Crippen LogP contribution in [0.3, 0.4) is 0 Å². The highest BCUT2D eigenvalue weighted by Crippen LogP contribution is 2.41. The number of quaternary nitrogens is 1. The van der Waals surface area contributed by atoms with Crippen molar-refractivity contribution in [3.05, 3.63) is 71.9 Å². The van der Waals surface area contributed by atoms with Crippen LogP contribution in [0, 0.1) is 5.92 Å². The Hall–Kier alpha value is -3.51. The normalized spacial score (nSPS) is 22.4. The van der Waals surface area contributed by atoms with Crippen LogP contribution in [0.1, 0.15) is 35.7 Å². The number of rotatable bonds is 7. The zero-order valence-electron chi connectivity index (χ0n) is 20.8. The molecule has 192 valence electrons. The summed E-state index contributed by atoms with van der Waals surface area (Å²) in [5, 5.41) is 3.33. The van der Waals surface area contributed by atoms with E-state index in [1.54, 1.807) is 48.9 Å². The fraction of sp³-hybridized carbons (Fsp3) is 0.308. The SMILES string of the molecule is CC(Nc1nccc([N+]2(N)C=Nc3cc(C(=O)c4ccccc4)ccc32)n1)C1CCCN(S(C)(=O)=O)C1. The lowest BCUT2D eigenvalue weighted by Crippen LogP contribution is -2.49. The number of sulfonamides is 1. The molecule has 3 heterocycles. The van der Waals surface area contributed by atoms with Gasteiger partial charge in [0.15, 0.2) is 11.5 Å². The van der Waals surface area contributed by atoms with Crippen molar-refractivity contribution in [2.24, 2.45) is 16.8 Å². The van der Waals surface area contributed by atoms with Gasteiger partial charge in [0.1, 0.15) is 5.69 Å². The van der Waals surface area contributed by atoms with Crippen LogP contribution in [0.2, 0.25) is 0 Å². The number of hydrogen-bond donors (Lipinski definition) is 2.